The fraction of sp³-hybridized carbons (Fsp3) is 0.500. The molecule has 0 aliphatic rings. The lowest BCUT2D eigenvalue weighted by molar-refractivity contribution is 0.561. The Morgan fingerprint density at radius 3 is 2.50 bits per heavy atom. The molecule has 0 aromatic heterocycles. The molecule has 0 saturated carbocycles. The Morgan fingerprint density at radius 1 is 1.88 bits per heavy atom. The fourth-order valence-corrected chi connectivity index (χ4v) is 0.189. The normalized spacial score (nSPS) is 11.8. The molecule has 8 heavy (non-hydrogen) atoms. The van der Waals surface area contributed by atoms with Gasteiger partial charge in [0.25, 0.3) is 0 Å². The predicted molar refractivity (Wildman–Crippen MR) is 32.4 cm³/mol. The fourth-order valence-electron chi connectivity index (χ4n) is 0.189. The van der Waals surface area contributed by atoms with Crippen molar-refractivity contribution in [2.24, 2.45) is 4.99 Å². The Balaban J connectivity index is 3.82. The zero-order chi connectivity index (χ0) is 6.57. The van der Waals surface area contributed by atoms with Gasteiger partial charge in [0.15, 0.2) is 0 Å². The molecule has 2 heteroatoms. The molecule has 0 aliphatic carbocycles. The summed E-state index contributed by atoms with van der Waals surface area (Å²) in [5.74, 6) is 0. The van der Waals surface area contributed by atoms with E-state index < -0.39 is 0 Å². The predicted octanol–water partition coefficient (Wildman–Crippen LogP) is 1.29. The number of rotatable bonds is 2. The van der Waals surface area contributed by atoms with Gasteiger partial charge >= 0.3 is 0 Å². The van der Waals surface area contributed by atoms with Gasteiger partial charge in [0.2, 0.25) is 6.08 Å². The number of nitrogens with zero attached hydrogens (tertiary/aromatic N) is 1. The molecule has 0 saturated heterocycles. The summed E-state index contributed by atoms with van der Waals surface area (Å²) in [7, 11) is 0. The van der Waals surface area contributed by atoms with Crippen molar-refractivity contribution >= 4 is 6.08 Å². The highest BCUT2D eigenvalue weighted by Gasteiger charge is 1.94. The first-order valence-electron chi connectivity index (χ1n) is 2.41. The highest BCUT2D eigenvalue weighted by Crippen LogP contribution is 1.98. The molecule has 0 bridgehead atoms. The first-order valence-corrected chi connectivity index (χ1v) is 2.41. The second kappa shape index (κ2) is 3.16. The molecule has 0 spiro atoms. The van der Waals surface area contributed by atoms with Crippen LogP contribution in [0.3, 0.4) is 0 Å². The zero-order valence-electron chi connectivity index (χ0n) is 5.14. The number of aliphatic imine (C=N–C) groups is 1. The van der Waals surface area contributed by atoms with Crippen LogP contribution >= 0.6 is 0 Å². The van der Waals surface area contributed by atoms with Crippen molar-refractivity contribution in [1.29, 1.82) is 0 Å². The van der Waals surface area contributed by atoms with Crippen molar-refractivity contribution in [2.45, 2.75) is 19.9 Å². The van der Waals surface area contributed by atoms with Crippen LogP contribution in [-0.4, -0.2) is 12.1 Å². The summed E-state index contributed by atoms with van der Waals surface area (Å²) in [4.78, 5) is 13.0. The number of carbonyl (C=O) groups excluding carboxylic acids is 1. The zero-order valence-corrected chi connectivity index (χ0v) is 5.14. The minimum atomic E-state index is -0.0764. The lowest BCUT2D eigenvalue weighted by Gasteiger charge is -1.97. The van der Waals surface area contributed by atoms with Crippen LogP contribution in [0.5, 0.6) is 0 Å². The van der Waals surface area contributed by atoms with Crippen molar-refractivity contribution in [1.82, 2.24) is 0 Å². The third-order valence-electron chi connectivity index (χ3n) is 0.960. The van der Waals surface area contributed by atoms with Crippen molar-refractivity contribution in [3.8, 4) is 0 Å². The van der Waals surface area contributed by atoms with Gasteiger partial charge in [-0.1, -0.05) is 12.2 Å². The van der Waals surface area contributed by atoms with Crippen LogP contribution in [0.4, 0.5) is 0 Å². The SMILES string of the molecule is C=C(C)C(C)N=C=O. The highest BCUT2D eigenvalue weighted by atomic mass is 16.1. The van der Waals surface area contributed by atoms with E-state index in [0.29, 0.717) is 0 Å². The van der Waals surface area contributed by atoms with Crippen molar-refractivity contribution < 1.29 is 4.79 Å². The van der Waals surface area contributed by atoms with Crippen LogP contribution in [-0.2, 0) is 4.79 Å². The van der Waals surface area contributed by atoms with Crippen LogP contribution in [0.15, 0.2) is 17.1 Å². The van der Waals surface area contributed by atoms with E-state index in [1.54, 1.807) is 6.92 Å². The molecular formula is C6H9NO. The standard InChI is InChI=1S/C6H9NO/c1-5(2)6(3)7-4-8/h6H,1H2,2-3H3. The van der Waals surface area contributed by atoms with Gasteiger partial charge in [-0.05, 0) is 13.8 Å². The molecule has 1 atom stereocenters. The van der Waals surface area contributed by atoms with E-state index >= 15 is 0 Å². The van der Waals surface area contributed by atoms with Crippen molar-refractivity contribution in [3.63, 3.8) is 0 Å². The summed E-state index contributed by atoms with van der Waals surface area (Å²) in [5.41, 5.74) is 0.883. The van der Waals surface area contributed by atoms with E-state index in [-0.39, 0.29) is 6.04 Å². The van der Waals surface area contributed by atoms with Gasteiger partial charge in [0.05, 0.1) is 6.04 Å². The van der Waals surface area contributed by atoms with E-state index in [9.17, 15) is 4.79 Å². The van der Waals surface area contributed by atoms with E-state index in [4.69, 9.17) is 0 Å². The molecule has 2 nitrogen and oxygen atoms in total. The van der Waals surface area contributed by atoms with Gasteiger partial charge in [0.1, 0.15) is 0 Å². The van der Waals surface area contributed by atoms with Crippen LogP contribution in [0.25, 0.3) is 0 Å². The monoisotopic (exact) mass is 111 g/mol. The van der Waals surface area contributed by atoms with E-state index in [1.807, 2.05) is 6.92 Å². The maximum atomic E-state index is 9.59. The second-order valence-corrected chi connectivity index (χ2v) is 1.74. The summed E-state index contributed by atoms with van der Waals surface area (Å²) in [5, 5.41) is 0. The Bertz CT molecular complexity index is 131. The highest BCUT2D eigenvalue weighted by molar-refractivity contribution is 5.34. The van der Waals surface area contributed by atoms with Crippen molar-refractivity contribution in [2.75, 3.05) is 0 Å². The van der Waals surface area contributed by atoms with Gasteiger partial charge in [-0.3, -0.25) is 0 Å². The van der Waals surface area contributed by atoms with Gasteiger partial charge in [-0.25, -0.2) is 4.79 Å². The maximum Gasteiger partial charge on any atom is 0.235 e. The number of isocyanates is 1. The number of hydrogen-bond acceptors (Lipinski definition) is 2. The average Bonchev–Trinajstić information content (AvgIpc) is 1.67. The van der Waals surface area contributed by atoms with Crippen LogP contribution in [0, 0.1) is 0 Å². The van der Waals surface area contributed by atoms with Crippen LogP contribution < -0.4 is 0 Å². The third kappa shape index (κ3) is 2.32. The lowest BCUT2D eigenvalue weighted by atomic mass is 10.2. The van der Waals surface area contributed by atoms with Crippen LogP contribution in [0.2, 0.25) is 0 Å². The second-order valence-electron chi connectivity index (χ2n) is 1.74. The molecular weight excluding hydrogens is 102 g/mol. The van der Waals surface area contributed by atoms with Crippen LogP contribution in [0.1, 0.15) is 13.8 Å². The Morgan fingerprint density at radius 2 is 2.38 bits per heavy atom. The molecule has 0 rings (SSSR count). The smallest absolute Gasteiger partial charge is 0.211 e. The van der Waals surface area contributed by atoms with E-state index in [2.05, 4.69) is 11.6 Å². The largest absolute Gasteiger partial charge is 0.235 e. The molecule has 44 valence electrons. The summed E-state index contributed by atoms with van der Waals surface area (Å²) in [6, 6.07) is -0.0764. The van der Waals surface area contributed by atoms with Gasteiger partial charge in [0, 0.05) is 0 Å². The summed E-state index contributed by atoms with van der Waals surface area (Å²) in [6.45, 7) is 7.22. The lowest BCUT2D eigenvalue weighted by Crippen LogP contribution is -1.96. The third-order valence-corrected chi connectivity index (χ3v) is 0.960. The molecule has 0 radical (unpaired) electrons. The van der Waals surface area contributed by atoms with Gasteiger partial charge < -0.3 is 0 Å². The molecule has 0 N–H and O–H groups in total. The minimum absolute atomic E-state index is 0.0764. The summed E-state index contributed by atoms with van der Waals surface area (Å²) in [6.07, 6.45) is 1.46. The summed E-state index contributed by atoms with van der Waals surface area (Å²) >= 11 is 0. The maximum absolute atomic E-state index is 9.59. The Hall–Kier alpha value is -0.880. The molecule has 0 aliphatic heterocycles. The Labute approximate surface area is 48.9 Å². The van der Waals surface area contributed by atoms with Crippen molar-refractivity contribution in [3.05, 3.63) is 12.2 Å². The van der Waals surface area contributed by atoms with Gasteiger partial charge in [-0.15, -0.1) is 0 Å². The minimum Gasteiger partial charge on any atom is -0.211 e. The number of hydrogen-bond donors (Lipinski definition) is 0. The van der Waals surface area contributed by atoms with Gasteiger partial charge in [-0.2, -0.15) is 4.99 Å². The molecule has 0 fully saturated rings. The average molecular weight is 111 g/mol. The molecule has 0 aromatic rings. The first kappa shape index (κ1) is 7.12. The molecule has 1 unspecified atom stereocenters. The Kier molecular flexibility index (Phi) is 2.82. The molecule has 0 amide bonds. The molecule has 0 aromatic carbocycles. The topological polar surface area (TPSA) is 29.4 Å². The molecule has 0 heterocycles. The van der Waals surface area contributed by atoms with E-state index in [1.165, 1.54) is 6.08 Å². The quantitative estimate of drug-likeness (QED) is 0.300. The first-order chi connectivity index (χ1) is 3.68. The summed E-state index contributed by atoms with van der Waals surface area (Å²) < 4.78 is 0. The van der Waals surface area contributed by atoms with E-state index in [0.717, 1.165) is 5.57 Å².